The fourth-order valence-electron chi connectivity index (χ4n) is 2.62. The molecule has 3 nitrogen and oxygen atoms in total. The van der Waals surface area contributed by atoms with Gasteiger partial charge in [-0.15, -0.1) is 0 Å². The molecule has 0 radical (unpaired) electrons. The van der Waals surface area contributed by atoms with Crippen molar-refractivity contribution >= 4 is 6.16 Å². The highest BCUT2D eigenvalue weighted by Crippen LogP contribution is 2.13. The Labute approximate surface area is 138 Å². The summed E-state index contributed by atoms with van der Waals surface area (Å²) >= 11 is 0. The first-order valence-corrected chi connectivity index (χ1v) is 9.57. The molecule has 0 unspecified atom stereocenters. The standard InChI is InChI=1S/C18H38.CH2O3/c1-3-5-7-9-11-13-15-17-18-16-14-12-10-8-6-4-2;2-1(3)4/h3-18H2,1-2H3;(H2,2,3,4). The number of hydrogen-bond donors (Lipinski definition) is 2. The molecule has 0 fully saturated rings. The van der Waals surface area contributed by atoms with E-state index in [-0.39, 0.29) is 0 Å². The first-order valence-electron chi connectivity index (χ1n) is 9.57. The summed E-state index contributed by atoms with van der Waals surface area (Å²) in [7, 11) is 0. The van der Waals surface area contributed by atoms with E-state index in [4.69, 9.17) is 15.0 Å². The van der Waals surface area contributed by atoms with Gasteiger partial charge in [-0.05, 0) is 0 Å². The largest absolute Gasteiger partial charge is 0.503 e. The fourth-order valence-corrected chi connectivity index (χ4v) is 2.62. The van der Waals surface area contributed by atoms with Crippen LogP contribution in [0.3, 0.4) is 0 Å². The second-order valence-corrected chi connectivity index (χ2v) is 6.23. The van der Waals surface area contributed by atoms with Crippen LogP contribution in [-0.4, -0.2) is 16.4 Å². The van der Waals surface area contributed by atoms with Gasteiger partial charge in [-0.25, -0.2) is 4.79 Å². The molecule has 0 saturated carbocycles. The molecule has 3 heteroatoms. The van der Waals surface area contributed by atoms with Crippen LogP contribution >= 0.6 is 0 Å². The second-order valence-electron chi connectivity index (χ2n) is 6.23. The molecule has 0 saturated heterocycles. The summed E-state index contributed by atoms with van der Waals surface area (Å²) in [5.41, 5.74) is 0. The Morgan fingerprint density at radius 1 is 0.500 bits per heavy atom. The topological polar surface area (TPSA) is 57.5 Å². The highest BCUT2D eigenvalue weighted by molar-refractivity contribution is 5.53. The van der Waals surface area contributed by atoms with E-state index in [9.17, 15) is 0 Å². The minimum absolute atomic E-state index is 1.37. The van der Waals surface area contributed by atoms with E-state index >= 15 is 0 Å². The van der Waals surface area contributed by atoms with E-state index in [1.807, 2.05) is 0 Å². The van der Waals surface area contributed by atoms with Gasteiger partial charge in [-0.3, -0.25) is 0 Å². The zero-order valence-electron chi connectivity index (χ0n) is 15.1. The van der Waals surface area contributed by atoms with Gasteiger partial charge in [0.15, 0.2) is 0 Å². The third kappa shape index (κ3) is 31.6. The van der Waals surface area contributed by atoms with Crippen LogP contribution in [0.2, 0.25) is 0 Å². The molecule has 0 amide bonds. The van der Waals surface area contributed by atoms with E-state index in [0.29, 0.717) is 0 Å². The summed E-state index contributed by atoms with van der Waals surface area (Å²) < 4.78 is 0. The van der Waals surface area contributed by atoms with Crippen molar-refractivity contribution in [2.75, 3.05) is 0 Å². The fraction of sp³-hybridized carbons (Fsp3) is 0.947. The summed E-state index contributed by atoms with van der Waals surface area (Å²) in [4.78, 5) is 8.56. The molecule has 0 aliphatic carbocycles. The third-order valence-electron chi connectivity index (χ3n) is 3.96. The van der Waals surface area contributed by atoms with Crippen LogP contribution in [0.1, 0.15) is 117 Å². The van der Waals surface area contributed by atoms with Gasteiger partial charge in [0.25, 0.3) is 0 Å². The summed E-state index contributed by atoms with van der Waals surface area (Å²) in [5, 5.41) is 13.9. The monoisotopic (exact) mass is 316 g/mol. The molecule has 0 heterocycles. The molecule has 0 rings (SSSR count). The van der Waals surface area contributed by atoms with Crippen molar-refractivity contribution in [3.8, 4) is 0 Å². The van der Waals surface area contributed by atoms with Crippen molar-refractivity contribution in [1.82, 2.24) is 0 Å². The van der Waals surface area contributed by atoms with E-state index in [0.717, 1.165) is 0 Å². The second kappa shape index (κ2) is 22.5. The number of unbranched alkanes of at least 4 members (excludes halogenated alkanes) is 15. The lowest BCUT2D eigenvalue weighted by Crippen LogP contribution is -1.83. The van der Waals surface area contributed by atoms with Gasteiger partial charge in [0.05, 0.1) is 0 Å². The van der Waals surface area contributed by atoms with E-state index in [1.165, 1.54) is 103 Å². The predicted octanol–water partition coefficient (Wildman–Crippen LogP) is 7.49. The Kier molecular flexibility index (Phi) is 24.1. The van der Waals surface area contributed by atoms with Crippen molar-refractivity contribution in [2.45, 2.75) is 117 Å². The van der Waals surface area contributed by atoms with E-state index in [1.54, 1.807) is 0 Å². The lowest BCUT2D eigenvalue weighted by molar-refractivity contribution is 0.137. The summed E-state index contributed by atoms with van der Waals surface area (Å²) in [5.74, 6) is 0. The zero-order valence-corrected chi connectivity index (χ0v) is 15.1. The number of carbonyl (C=O) groups is 1. The average molecular weight is 317 g/mol. The molecule has 2 N–H and O–H groups in total. The lowest BCUT2D eigenvalue weighted by atomic mass is 10.0. The number of carboxylic acid groups (broad SMARTS) is 2. The Bertz CT molecular complexity index is 185. The first kappa shape index (κ1) is 23.5. The summed E-state index contributed by atoms with van der Waals surface area (Å²) in [6.07, 6.45) is 21.6. The minimum atomic E-state index is -1.83. The quantitative estimate of drug-likeness (QED) is 0.308. The molecular formula is C19H40O3. The third-order valence-corrected chi connectivity index (χ3v) is 3.96. The smallest absolute Gasteiger partial charge is 0.450 e. The molecule has 134 valence electrons. The Balaban J connectivity index is 0. The first-order chi connectivity index (χ1) is 10.6. The van der Waals surface area contributed by atoms with Crippen LogP contribution in [0.4, 0.5) is 4.79 Å². The maximum atomic E-state index is 8.56. The van der Waals surface area contributed by atoms with Crippen LogP contribution in [0.5, 0.6) is 0 Å². The molecule has 0 aliphatic heterocycles. The van der Waals surface area contributed by atoms with Crippen molar-refractivity contribution in [3.63, 3.8) is 0 Å². The highest BCUT2D eigenvalue weighted by Gasteiger charge is 1.93. The van der Waals surface area contributed by atoms with Crippen LogP contribution < -0.4 is 0 Å². The molecule has 0 aromatic heterocycles. The van der Waals surface area contributed by atoms with Gasteiger partial charge >= 0.3 is 6.16 Å². The van der Waals surface area contributed by atoms with Crippen molar-refractivity contribution in [3.05, 3.63) is 0 Å². The highest BCUT2D eigenvalue weighted by atomic mass is 16.6. The Hall–Kier alpha value is -0.730. The Morgan fingerprint density at radius 3 is 0.773 bits per heavy atom. The van der Waals surface area contributed by atoms with Crippen LogP contribution in [-0.2, 0) is 0 Å². The SMILES string of the molecule is CCCCCCCCCCCCCCCCCC.O=C(O)O. The van der Waals surface area contributed by atoms with Gasteiger partial charge in [0.2, 0.25) is 0 Å². The maximum absolute atomic E-state index is 8.56. The van der Waals surface area contributed by atoms with Crippen molar-refractivity contribution in [1.29, 1.82) is 0 Å². The van der Waals surface area contributed by atoms with Crippen molar-refractivity contribution < 1.29 is 15.0 Å². The summed E-state index contributed by atoms with van der Waals surface area (Å²) in [6, 6.07) is 0. The molecule has 0 spiro atoms. The van der Waals surface area contributed by atoms with Gasteiger partial charge in [-0.1, -0.05) is 117 Å². The normalized spacial score (nSPS) is 10.1. The van der Waals surface area contributed by atoms with Gasteiger partial charge in [0, 0.05) is 0 Å². The molecule has 0 aromatic carbocycles. The van der Waals surface area contributed by atoms with Gasteiger partial charge in [0.1, 0.15) is 0 Å². The van der Waals surface area contributed by atoms with E-state index in [2.05, 4.69) is 13.8 Å². The average Bonchev–Trinajstić information content (AvgIpc) is 2.47. The lowest BCUT2D eigenvalue weighted by Gasteiger charge is -2.03. The predicted molar refractivity (Wildman–Crippen MR) is 95.9 cm³/mol. The molecule has 0 bridgehead atoms. The minimum Gasteiger partial charge on any atom is -0.450 e. The summed E-state index contributed by atoms with van der Waals surface area (Å²) in [6.45, 7) is 4.59. The Morgan fingerprint density at radius 2 is 0.636 bits per heavy atom. The molecule has 0 aromatic rings. The maximum Gasteiger partial charge on any atom is 0.503 e. The van der Waals surface area contributed by atoms with Crippen molar-refractivity contribution in [2.24, 2.45) is 0 Å². The van der Waals surface area contributed by atoms with Crippen LogP contribution in [0.25, 0.3) is 0 Å². The molecule has 22 heavy (non-hydrogen) atoms. The molecular weight excluding hydrogens is 276 g/mol. The zero-order chi connectivity index (χ0) is 16.9. The molecule has 0 atom stereocenters. The number of rotatable bonds is 15. The molecule has 0 aliphatic rings. The van der Waals surface area contributed by atoms with E-state index < -0.39 is 6.16 Å². The number of hydrogen-bond acceptors (Lipinski definition) is 1. The van der Waals surface area contributed by atoms with Gasteiger partial charge in [-0.2, -0.15) is 0 Å². The van der Waals surface area contributed by atoms with Gasteiger partial charge < -0.3 is 10.2 Å². The van der Waals surface area contributed by atoms with Crippen LogP contribution in [0.15, 0.2) is 0 Å². The van der Waals surface area contributed by atoms with Crippen LogP contribution in [0, 0.1) is 0 Å².